The molecule has 0 spiro atoms. The van der Waals surface area contributed by atoms with Crippen molar-refractivity contribution in [1.82, 2.24) is 0 Å². The maximum Gasteiger partial charge on any atom is 0.177 e. The van der Waals surface area contributed by atoms with Gasteiger partial charge in [-0.3, -0.25) is 4.79 Å². The number of nitriles is 1. The van der Waals surface area contributed by atoms with E-state index in [9.17, 15) is 10.1 Å². The highest BCUT2D eigenvalue weighted by Gasteiger charge is 2.54. The van der Waals surface area contributed by atoms with E-state index in [0.717, 1.165) is 5.69 Å². The van der Waals surface area contributed by atoms with Crippen LogP contribution in [0.15, 0.2) is 42.5 Å². The number of rotatable bonds is 1. The number of benzene rings is 1. The van der Waals surface area contributed by atoms with E-state index < -0.39 is 4.87 Å². The van der Waals surface area contributed by atoms with Gasteiger partial charge >= 0.3 is 0 Å². The van der Waals surface area contributed by atoms with Gasteiger partial charge in [0.15, 0.2) is 10.7 Å². The lowest BCUT2D eigenvalue weighted by Gasteiger charge is -2.33. The van der Waals surface area contributed by atoms with Crippen molar-refractivity contribution in [3.8, 4) is 6.07 Å². The third kappa shape index (κ3) is 1.46. The van der Waals surface area contributed by atoms with Gasteiger partial charge in [-0.25, -0.2) is 0 Å². The van der Waals surface area contributed by atoms with Gasteiger partial charge < -0.3 is 4.90 Å². The van der Waals surface area contributed by atoms with Crippen molar-refractivity contribution in [2.24, 2.45) is 0 Å². The molecule has 4 heteroatoms. The first kappa shape index (κ1) is 11.3. The van der Waals surface area contributed by atoms with Crippen LogP contribution in [0.1, 0.15) is 6.42 Å². The average Bonchev–Trinajstić information content (AvgIpc) is 2.64. The molecule has 1 aromatic rings. The smallest absolute Gasteiger partial charge is 0.177 e. The van der Waals surface area contributed by atoms with Crippen molar-refractivity contribution in [2.75, 3.05) is 4.90 Å². The molecule has 0 aliphatic carbocycles. The normalized spacial score (nSPS) is 33.6. The zero-order valence-corrected chi connectivity index (χ0v) is 10.3. The Morgan fingerprint density at radius 3 is 2.78 bits per heavy atom. The lowest BCUT2D eigenvalue weighted by Crippen LogP contribution is -2.45. The number of ketones is 1. The monoisotopic (exact) mass is 258 g/mol. The summed E-state index contributed by atoms with van der Waals surface area (Å²) in [4.78, 5) is 12.9. The van der Waals surface area contributed by atoms with Crippen LogP contribution in [0, 0.1) is 11.3 Å². The molecule has 18 heavy (non-hydrogen) atoms. The van der Waals surface area contributed by atoms with Crippen molar-refractivity contribution in [3.05, 3.63) is 42.5 Å². The fourth-order valence-electron chi connectivity index (χ4n) is 2.75. The van der Waals surface area contributed by atoms with Gasteiger partial charge in [0, 0.05) is 12.1 Å². The average molecular weight is 259 g/mol. The van der Waals surface area contributed by atoms with Crippen LogP contribution in [-0.2, 0) is 4.79 Å². The molecule has 3 atom stereocenters. The van der Waals surface area contributed by atoms with Gasteiger partial charge in [-0.2, -0.15) is 5.26 Å². The Morgan fingerprint density at radius 2 is 2.11 bits per heavy atom. The van der Waals surface area contributed by atoms with Gasteiger partial charge in [0.05, 0.1) is 18.2 Å². The summed E-state index contributed by atoms with van der Waals surface area (Å²) < 4.78 is 0. The topological polar surface area (TPSA) is 44.1 Å². The van der Waals surface area contributed by atoms with Crippen molar-refractivity contribution < 1.29 is 4.79 Å². The summed E-state index contributed by atoms with van der Waals surface area (Å²) in [5, 5.41) is 9.27. The maximum atomic E-state index is 11.9. The Bertz CT molecular complexity index is 563. The van der Waals surface area contributed by atoms with Gasteiger partial charge in [-0.1, -0.05) is 35.9 Å². The first-order chi connectivity index (χ1) is 8.65. The van der Waals surface area contributed by atoms with Crippen molar-refractivity contribution in [1.29, 1.82) is 5.26 Å². The van der Waals surface area contributed by atoms with Crippen LogP contribution < -0.4 is 4.90 Å². The van der Waals surface area contributed by atoms with Gasteiger partial charge in [0.2, 0.25) is 0 Å². The van der Waals surface area contributed by atoms with E-state index in [1.165, 1.54) is 0 Å². The molecule has 0 aromatic heterocycles. The predicted molar refractivity (Wildman–Crippen MR) is 69.5 cm³/mol. The molecule has 3 unspecified atom stereocenters. The minimum atomic E-state index is -1.01. The zero-order chi connectivity index (χ0) is 12.8. The number of carbonyl (C=O) groups is 1. The summed E-state index contributed by atoms with van der Waals surface area (Å²) >= 11 is 6.36. The molecule has 1 fully saturated rings. The lowest BCUT2D eigenvalue weighted by atomic mass is 10.0. The molecule has 0 radical (unpaired) electrons. The number of hydrogen-bond donors (Lipinski definition) is 0. The highest BCUT2D eigenvalue weighted by molar-refractivity contribution is 6.28. The molecule has 2 bridgehead atoms. The predicted octanol–water partition coefficient (Wildman–Crippen LogP) is 2.27. The molecule has 2 aliphatic heterocycles. The van der Waals surface area contributed by atoms with E-state index >= 15 is 0 Å². The molecule has 90 valence electrons. The number of alkyl halides is 1. The number of para-hydroxylation sites is 1. The molecular formula is C14H11ClN2O. The van der Waals surface area contributed by atoms with Crippen LogP contribution >= 0.6 is 11.6 Å². The Morgan fingerprint density at radius 1 is 1.39 bits per heavy atom. The minimum absolute atomic E-state index is 0.0212. The summed E-state index contributed by atoms with van der Waals surface area (Å²) in [7, 11) is 0. The third-order valence-corrected chi connectivity index (χ3v) is 4.07. The quantitative estimate of drug-likeness (QED) is 0.726. The number of nitrogens with zero attached hydrogens (tertiary/aromatic N) is 2. The van der Waals surface area contributed by atoms with Crippen LogP contribution in [0.25, 0.3) is 0 Å². The molecule has 2 heterocycles. The van der Waals surface area contributed by atoms with Gasteiger partial charge in [-0.15, -0.1) is 0 Å². The van der Waals surface area contributed by atoms with E-state index in [0.29, 0.717) is 6.42 Å². The van der Waals surface area contributed by atoms with E-state index in [4.69, 9.17) is 11.6 Å². The molecule has 3 rings (SSSR count). The Kier molecular flexibility index (Phi) is 2.42. The van der Waals surface area contributed by atoms with Crippen LogP contribution in [0.4, 0.5) is 5.69 Å². The molecule has 0 saturated carbocycles. The molecule has 1 aromatic carbocycles. The highest BCUT2D eigenvalue weighted by Crippen LogP contribution is 2.44. The first-order valence-electron chi connectivity index (χ1n) is 5.81. The molecule has 2 aliphatic rings. The Hall–Kier alpha value is -1.79. The summed E-state index contributed by atoms with van der Waals surface area (Å²) in [6.45, 7) is 0. The number of fused-ring (bicyclic) bond motifs is 2. The maximum absolute atomic E-state index is 11.9. The number of anilines is 1. The number of carbonyl (C=O) groups excluding carboxylic acids is 1. The first-order valence-corrected chi connectivity index (χ1v) is 6.19. The molecule has 0 amide bonds. The van der Waals surface area contributed by atoms with Crippen LogP contribution in [0.2, 0.25) is 0 Å². The van der Waals surface area contributed by atoms with E-state index in [-0.39, 0.29) is 17.9 Å². The van der Waals surface area contributed by atoms with Crippen molar-refractivity contribution in [2.45, 2.75) is 23.4 Å². The second kappa shape index (κ2) is 3.86. The largest absolute Gasteiger partial charge is 0.352 e. The number of hydrogen-bond acceptors (Lipinski definition) is 3. The fraction of sp³-hybridized carbons (Fsp3) is 0.286. The third-order valence-electron chi connectivity index (χ3n) is 3.61. The summed E-state index contributed by atoms with van der Waals surface area (Å²) in [5.74, 6) is 0.0212. The van der Waals surface area contributed by atoms with Crippen LogP contribution in [-0.4, -0.2) is 22.7 Å². The highest BCUT2D eigenvalue weighted by atomic mass is 35.5. The SMILES string of the molecule is N#CC1(Cl)CC2C(=O)C=CC1N2c1ccccc1. The van der Waals surface area contributed by atoms with E-state index in [1.807, 2.05) is 35.2 Å². The second-order valence-electron chi connectivity index (χ2n) is 4.64. The molecule has 3 nitrogen and oxygen atoms in total. The summed E-state index contributed by atoms with van der Waals surface area (Å²) in [6.07, 6.45) is 3.67. The van der Waals surface area contributed by atoms with Crippen molar-refractivity contribution in [3.63, 3.8) is 0 Å². The van der Waals surface area contributed by atoms with Crippen molar-refractivity contribution >= 4 is 23.1 Å². The second-order valence-corrected chi connectivity index (χ2v) is 5.32. The zero-order valence-electron chi connectivity index (χ0n) is 9.58. The Balaban J connectivity index is 2.10. The number of halogens is 1. The Labute approximate surface area is 110 Å². The minimum Gasteiger partial charge on any atom is -0.352 e. The van der Waals surface area contributed by atoms with Gasteiger partial charge in [0.1, 0.15) is 0 Å². The lowest BCUT2D eigenvalue weighted by molar-refractivity contribution is -0.115. The van der Waals surface area contributed by atoms with E-state index in [2.05, 4.69) is 6.07 Å². The van der Waals surface area contributed by atoms with Crippen LogP contribution in [0.5, 0.6) is 0 Å². The summed E-state index contributed by atoms with van der Waals surface area (Å²) in [6, 6.07) is 11.2. The van der Waals surface area contributed by atoms with E-state index in [1.54, 1.807) is 12.2 Å². The van der Waals surface area contributed by atoms with Crippen LogP contribution in [0.3, 0.4) is 0 Å². The fourth-order valence-corrected chi connectivity index (χ4v) is 3.07. The standard InChI is InChI=1S/C14H11ClN2O/c15-14(9-16)8-11-12(18)6-7-13(14)17(11)10-4-2-1-3-5-10/h1-7,11,13H,8H2. The molecular weight excluding hydrogens is 248 g/mol. The molecule has 0 N–H and O–H groups in total. The van der Waals surface area contributed by atoms with Gasteiger partial charge in [0.25, 0.3) is 0 Å². The molecule has 1 saturated heterocycles. The van der Waals surface area contributed by atoms with Gasteiger partial charge in [-0.05, 0) is 18.2 Å². The summed E-state index contributed by atoms with van der Waals surface area (Å²) in [5.41, 5.74) is 0.933.